The van der Waals surface area contributed by atoms with E-state index in [9.17, 15) is 8.42 Å². The molecule has 0 atom stereocenters. The monoisotopic (exact) mass is 335 g/mol. The van der Waals surface area contributed by atoms with E-state index in [0.29, 0.717) is 29.7 Å². The lowest BCUT2D eigenvalue weighted by molar-refractivity contribution is 0.216. The Balaban J connectivity index is 1.73. The molecule has 23 heavy (non-hydrogen) atoms. The molecule has 7 heteroatoms. The Labute approximate surface area is 136 Å². The molecular weight excluding hydrogens is 314 g/mol. The van der Waals surface area contributed by atoms with Gasteiger partial charge in [0.1, 0.15) is 0 Å². The Kier molecular flexibility index (Phi) is 3.80. The minimum absolute atomic E-state index is 0.0000407. The van der Waals surface area contributed by atoms with E-state index in [1.54, 1.807) is 19.1 Å². The minimum atomic E-state index is -3.46. The summed E-state index contributed by atoms with van der Waals surface area (Å²) in [5.41, 5.74) is 1.11. The summed E-state index contributed by atoms with van der Waals surface area (Å²) in [5.74, 6) is 1.07. The van der Waals surface area contributed by atoms with E-state index in [2.05, 4.69) is 30.9 Å². The Bertz CT molecular complexity index is 798. The predicted octanol–water partition coefficient (Wildman–Crippen LogP) is 2.46. The molecule has 1 saturated heterocycles. The number of aromatic nitrogens is 2. The first-order valence-corrected chi connectivity index (χ1v) is 9.03. The van der Waals surface area contributed by atoms with Crippen LogP contribution in [0.25, 0.3) is 0 Å². The van der Waals surface area contributed by atoms with Gasteiger partial charge in [-0.3, -0.25) is 0 Å². The summed E-state index contributed by atoms with van der Waals surface area (Å²) in [6, 6.07) is 7.12. The van der Waals surface area contributed by atoms with Crippen molar-refractivity contribution in [2.75, 3.05) is 13.1 Å². The standard InChI is InChI=1S/C16H21N3O3S/c1-11-17-15(22-18-11)12-9-19(10-12)23(20,21)14-7-5-13(6-8-14)16(2,3)4/h5-8,12H,9-10H2,1-4H3. The summed E-state index contributed by atoms with van der Waals surface area (Å²) in [6.45, 7) is 8.81. The number of sulfonamides is 1. The van der Waals surface area contributed by atoms with Crippen LogP contribution in [0.15, 0.2) is 33.7 Å². The molecular formula is C16H21N3O3S. The SMILES string of the molecule is Cc1noc(C2CN(S(=O)(=O)c3ccc(C(C)(C)C)cc3)C2)n1. The molecule has 2 aromatic rings. The number of rotatable bonds is 3. The van der Waals surface area contributed by atoms with Crippen LogP contribution >= 0.6 is 0 Å². The number of benzene rings is 1. The molecule has 0 radical (unpaired) electrons. The zero-order valence-corrected chi connectivity index (χ0v) is 14.6. The van der Waals surface area contributed by atoms with Gasteiger partial charge in [0.15, 0.2) is 5.82 Å². The average Bonchev–Trinajstić information content (AvgIpc) is 2.82. The largest absolute Gasteiger partial charge is 0.339 e. The van der Waals surface area contributed by atoms with Crippen molar-refractivity contribution in [2.45, 2.75) is 43.9 Å². The van der Waals surface area contributed by atoms with E-state index >= 15 is 0 Å². The van der Waals surface area contributed by atoms with Crippen LogP contribution in [0.4, 0.5) is 0 Å². The summed E-state index contributed by atoms with van der Waals surface area (Å²) in [5, 5.41) is 3.74. The highest BCUT2D eigenvalue weighted by Crippen LogP contribution is 2.32. The molecule has 0 N–H and O–H groups in total. The zero-order valence-electron chi connectivity index (χ0n) is 13.8. The number of hydrogen-bond acceptors (Lipinski definition) is 5. The summed E-state index contributed by atoms with van der Waals surface area (Å²) < 4.78 is 31.8. The van der Waals surface area contributed by atoms with Crippen molar-refractivity contribution in [3.63, 3.8) is 0 Å². The van der Waals surface area contributed by atoms with Gasteiger partial charge in [0.2, 0.25) is 15.9 Å². The van der Waals surface area contributed by atoms with E-state index in [4.69, 9.17) is 4.52 Å². The summed E-state index contributed by atoms with van der Waals surface area (Å²) in [7, 11) is -3.46. The lowest BCUT2D eigenvalue weighted by atomic mass is 9.87. The summed E-state index contributed by atoms with van der Waals surface area (Å²) in [4.78, 5) is 4.49. The fraction of sp³-hybridized carbons (Fsp3) is 0.500. The maximum absolute atomic E-state index is 12.6. The first-order chi connectivity index (χ1) is 10.7. The molecule has 6 nitrogen and oxygen atoms in total. The van der Waals surface area contributed by atoms with Crippen LogP contribution in [-0.4, -0.2) is 36.0 Å². The van der Waals surface area contributed by atoms with E-state index in [0.717, 1.165) is 5.56 Å². The molecule has 3 rings (SSSR count). The lowest BCUT2D eigenvalue weighted by Gasteiger charge is -2.35. The molecule has 2 heterocycles. The molecule has 1 aromatic carbocycles. The van der Waals surface area contributed by atoms with Crippen LogP contribution in [0.5, 0.6) is 0 Å². The topological polar surface area (TPSA) is 76.3 Å². The van der Waals surface area contributed by atoms with Crippen LogP contribution in [0.1, 0.15) is 44.0 Å². The highest BCUT2D eigenvalue weighted by molar-refractivity contribution is 7.89. The van der Waals surface area contributed by atoms with Gasteiger partial charge in [-0.15, -0.1) is 0 Å². The molecule has 0 aliphatic carbocycles. The molecule has 1 aliphatic heterocycles. The third-order valence-electron chi connectivity index (χ3n) is 4.10. The van der Waals surface area contributed by atoms with Crippen LogP contribution in [0, 0.1) is 6.92 Å². The first kappa shape index (κ1) is 16.1. The normalized spacial score (nSPS) is 17.2. The fourth-order valence-corrected chi connectivity index (χ4v) is 4.08. The van der Waals surface area contributed by atoms with Crippen molar-refractivity contribution in [1.29, 1.82) is 0 Å². The van der Waals surface area contributed by atoms with E-state index in [1.807, 2.05) is 12.1 Å². The van der Waals surface area contributed by atoms with Gasteiger partial charge in [-0.2, -0.15) is 9.29 Å². The summed E-state index contributed by atoms with van der Waals surface area (Å²) in [6.07, 6.45) is 0. The first-order valence-electron chi connectivity index (χ1n) is 7.59. The van der Waals surface area contributed by atoms with Crippen molar-refractivity contribution in [2.24, 2.45) is 0 Å². The zero-order chi connectivity index (χ0) is 16.8. The van der Waals surface area contributed by atoms with Crippen LogP contribution in [-0.2, 0) is 15.4 Å². The van der Waals surface area contributed by atoms with Gasteiger partial charge in [-0.25, -0.2) is 8.42 Å². The molecule has 0 unspecified atom stereocenters. The molecule has 0 spiro atoms. The Morgan fingerprint density at radius 1 is 1.17 bits per heavy atom. The van der Waals surface area contributed by atoms with E-state index in [1.165, 1.54) is 4.31 Å². The Hall–Kier alpha value is -1.73. The minimum Gasteiger partial charge on any atom is -0.339 e. The van der Waals surface area contributed by atoms with Crippen LogP contribution in [0.2, 0.25) is 0 Å². The van der Waals surface area contributed by atoms with Crippen LogP contribution < -0.4 is 0 Å². The fourth-order valence-electron chi connectivity index (χ4n) is 2.55. The van der Waals surface area contributed by atoms with Gasteiger partial charge in [-0.05, 0) is 30.0 Å². The van der Waals surface area contributed by atoms with Gasteiger partial charge in [0.25, 0.3) is 0 Å². The van der Waals surface area contributed by atoms with Crippen molar-refractivity contribution < 1.29 is 12.9 Å². The van der Waals surface area contributed by atoms with Gasteiger partial charge in [0.05, 0.1) is 10.8 Å². The molecule has 0 amide bonds. The highest BCUT2D eigenvalue weighted by atomic mass is 32.2. The second kappa shape index (κ2) is 5.42. The van der Waals surface area contributed by atoms with Gasteiger partial charge < -0.3 is 4.52 Å². The summed E-state index contributed by atoms with van der Waals surface area (Å²) >= 11 is 0. The number of aryl methyl sites for hydroxylation is 1. The third kappa shape index (κ3) is 3.03. The number of hydrogen-bond donors (Lipinski definition) is 0. The molecule has 124 valence electrons. The lowest BCUT2D eigenvalue weighted by Crippen LogP contribution is -2.48. The van der Waals surface area contributed by atoms with E-state index < -0.39 is 10.0 Å². The van der Waals surface area contributed by atoms with Crippen molar-refractivity contribution in [3.05, 3.63) is 41.5 Å². The quantitative estimate of drug-likeness (QED) is 0.861. The smallest absolute Gasteiger partial charge is 0.243 e. The van der Waals surface area contributed by atoms with Crippen molar-refractivity contribution in [1.82, 2.24) is 14.4 Å². The average molecular weight is 335 g/mol. The Morgan fingerprint density at radius 2 is 1.78 bits per heavy atom. The van der Waals surface area contributed by atoms with Crippen molar-refractivity contribution in [3.8, 4) is 0 Å². The molecule has 0 bridgehead atoms. The van der Waals surface area contributed by atoms with E-state index in [-0.39, 0.29) is 11.3 Å². The maximum atomic E-state index is 12.6. The maximum Gasteiger partial charge on any atom is 0.243 e. The van der Waals surface area contributed by atoms with Gasteiger partial charge in [0, 0.05) is 13.1 Å². The van der Waals surface area contributed by atoms with Crippen LogP contribution in [0.3, 0.4) is 0 Å². The predicted molar refractivity (Wildman–Crippen MR) is 85.7 cm³/mol. The molecule has 1 aliphatic rings. The number of nitrogens with zero attached hydrogens (tertiary/aromatic N) is 3. The van der Waals surface area contributed by atoms with Gasteiger partial charge in [-0.1, -0.05) is 38.1 Å². The molecule has 1 fully saturated rings. The molecule has 0 saturated carbocycles. The Morgan fingerprint density at radius 3 is 2.26 bits per heavy atom. The second-order valence-electron chi connectivity index (χ2n) is 6.97. The van der Waals surface area contributed by atoms with Crippen molar-refractivity contribution >= 4 is 10.0 Å². The van der Waals surface area contributed by atoms with Gasteiger partial charge >= 0.3 is 0 Å². The second-order valence-corrected chi connectivity index (χ2v) is 8.91. The molecule has 1 aromatic heterocycles. The highest BCUT2D eigenvalue weighted by Gasteiger charge is 2.40. The third-order valence-corrected chi connectivity index (χ3v) is 5.94.